The molecule has 18 heavy (non-hydrogen) atoms. The monoisotopic (exact) mass is 261 g/mol. The highest BCUT2D eigenvalue weighted by Gasteiger charge is 2.10. The fourth-order valence-electron chi connectivity index (χ4n) is 1.53. The van der Waals surface area contributed by atoms with E-state index in [-0.39, 0.29) is 11.7 Å². The maximum atomic E-state index is 12.0. The van der Waals surface area contributed by atoms with Crippen LogP contribution in [0.25, 0.3) is 0 Å². The van der Waals surface area contributed by atoms with Crippen molar-refractivity contribution in [2.75, 3.05) is 5.32 Å². The second kappa shape index (κ2) is 5.10. The molecule has 0 bridgehead atoms. The summed E-state index contributed by atoms with van der Waals surface area (Å²) < 4.78 is 0. The summed E-state index contributed by atoms with van der Waals surface area (Å²) in [7, 11) is 0. The third-order valence-corrected chi connectivity index (χ3v) is 2.92. The first-order valence-electron chi connectivity index (χ1n) is 5.43. The van der Waals surface area contributed by atoms with Crippen molar-refractivity contribution < 1.29 is 9.90 Å². The zero-order valence-electron chi connectivity index (χ0n) is 9.77. The first kappa shape index (κ1) is 12.5. The Kier molecular flexibility index (Phi) is 3.53. The van der Waals surface area contributed by atoms with E-state index in [2.05, 4.69) is 5.32 Å². The number of anilines is 1. The van der Waals surface area contributed by atoms with Gasteiger partial charge in [-0.1, -0.05) is 29.8 Å². The number of hydrogen-bond donors (Lipinski definition) is 2. The van der Waals surface area contributed by atoms with Gasteiger partial charge < -0.3 is 10.4 Å². The summed E-state index contributed by atoms with van der Waals surface area (Å²) in [6, 6.07) is 11.8. The molecule has 0 saturated heterocycles. The highest BCUT2D eigenvalue weighted by atomic mass is 35.5. The molecule has 0 aromatic heterocycles. The minimum Gasteiger partial charge on any atom is -0.508 e. The number of benzene rings is 2. The Morgan fingerprint density at radius 3 is 2.61 bits per heavy atom. The summed E-state index contributed by atoms with van der Waals surface area (Å²) in [6.45, 7) is 1.79. The van der Waals surface area contributed by atoms with E-state index in [9.17, 15) is 9.90 Å². The molecule has 0 aliphatic carbocycles. The largest absolute Gasteiger partial charge is 0.508 e. The molecule has 4 heteroatoms. The average molecular weight is 262 g/mol. The smallest absolute Gasteiger partial charge is 0.257 e. The summed E-state index contributed by atoms with van der Waals surface area (Å²) in [5, 5.41) is 12.6. The third-order valence-electron chi connectivity index (χ3n) is 2.59. The predicted molar refractivity (Wildman–Crippen MR) is 72.2 cm³/mol. The van der Waals surface area contributed by atoms with Gasteiger partial charge in [-0.15, -0.1) is 0 Å². The molecule has 3 nitrogen and oxygen atoms in total. The summed E-state index contributed by atoms with van der Waals surface area (Å²) in [5.41, 5.74) is 1.69. The van der Waals surface area contributed by atoms with E-state index < -0.39 is 0 Å². The molecule has 0 unspecified atom stereocenters. The fourth-order valence-corrected chi connectivity index (χ4v) is 1.75. The van der Waals surface area contributed by atoms with Crippen LogP contribution in [0.3, 0.4) is 0 Å². The standard InChI is InChI=1S/C14H12ClNO2/c1-9-6-7-10(8-13(9)17)16-14(18)11-4-2-3-5-12(11)15/h2-8,17H,1H3,(H,16,18). The maximum Gasteiger partial charge on any atom is 0.257 e. The summed E-state index contributed by atoms with van der Waals surface area (Å²) >= 11 is 5.93. The molecule has 0 radical (unpaired) electrons. The van der Waals surface area contributed by atoms with Crippen molar-refractivity contribution >= 4 is 23.2 Å². The van der Waals surface area contributed by atoms with Crippen LogP contribution in [0.1, 0.15) is 15.9 Å². The van der Waals surface area contributed by atoms with Crippen LogP contribution in [-0.2, 0) is 0 Å². The van der Waals surface area contributed by atoms with E-state index in [4.69, 9.17) is 11.6 Å². The van der Waals surface area contributed by atoms with Crippen molar-refractivity contribution in [3.63, 3.8) is 0 Å². The molecule has 0 saturated carbocycles. The molecule has 2 N–H and O–H groups in total. The molecule has 0 spiro atoms. The molecular formula is C14H12ClNO2. The number of aryl methyl sites for hydroxylation is 1. The second-order valence-corrected chi connectivity index (χ2v) is 4.34. The molecule has 2 aromatic carbocycles. The highest BCUT2D eigenvalue weighted by Crippen LogP contribution is 2.22. The molecular weight excluding hydrogens is 250 g/mol. The normalized spacial score (nSPS) is 10.1. The number of aromatic hydroxyl groups is 1. The van der Waals surface area contributed by atoms with Crippen molar-refractivity contribution in [2.45, 2.75) is 6.92 Å². The number of phenols is 1. The van der Waals surface area contributed by atoms with E-state index in [0.29, 0.717) is 16.3 Å². The van der Waals surface area contributed by atoms with Crippen LogP contribution in [0.4, 0.5) is 5.69 Å². The number of carbonyl (C=O) groups excluding carboxylic acids is 1. The number of nitrogens with one attached hydrogen (secondary N) is 1. The van der Waals surface area contributed by atoms with Gasteiger partial charge in [0.05, 0.1) is 10.6 Å². The van der Waals surface area contributed by atoms with Gasteiger partial charge in [0.2, 0.25) is 0 Å². The third kappa shape index (κ3) is 2.63. The first-order chi connectivity index (χ1) is 8.58. The Bertz CT molecular complexity index is 596. The molecule has 0 aliphatic heterocycles. The van der Waals surface area contributed by atoms with Crippen LogP contribution < -0.4 is 5.32 Å². The quantitative estimate of drug-likeness (QED) is 0.868. The van der Waals surface area contributed by atoms with Crippen molar-refractivity contribution in [2.24, 2.45) is 0 Å². The lowest BCUT2D eigenvalue weighted by Crippen LogP contribution is -2.12. The van der Waals surface area contributed by atoms with Gasteiger partial charge in [0.25, 0.3) is 5.91 Å². The summed E-state index contributed by atoms with van der Waals surface area (Å²) in [6.07, 6.45) is 0. The maximum absolute atomic E-state index is 12.0. The summed E-state index contributed by atoms with van der Waals surface area (Å²) in [5.74, 6) is -0.157. The van der Waals surface area contributed by atoms with E-state index in [1.165, 1.54) is 6.07 Å². The average Bonchev–Trinajstić information content (AvgIpc) is 2.34. The van der Waals surface area contributed by atoms with Crippen LogP contribution in [-0.4, -0.2) is 11.0 Å². The number of carbonyl (C=O) groups is 1. The minimum absolute atomic E-state index is 0.145. The van der Waals surface area contributed by atoms with Gasteiger partial charge >= 0.3 is 0 Å². The number of phenolic OH excluding ortho intramolecular Hbond substituents is 1. The van der Waals surface area contributed by atoms with Gasteiger partial charge in [0.15, 0.2) is 0 Å². The Morgan fingerprint density at radius 2 is 1.94 bits per heavy atom. The van der Waals surface area contributed by atoms with Gasteiger partial charge in [-0.2, -0.15) is 0 Å². The zero-order valence-corrected chi connectivity index (χ0v) is 10.5. The molecule has 2 rings (SSSR count). The van der Waals surface area contributed by atoms with Crippen LogP contribution in [0, 0.1) is 6.92 Å². The SMILES string of the molecule is Cc1ccc(NC(=O)c2ccccc2Cl)cc1O. The molecule has 0 fully saturated rings. The van der Waals surface area contributed by atoms with Crippen LogP contribution in [0.2, 0.25) is 5.02 Å². The van der Waals surface area contributed by atoms with E-state index in [1.807, 2.05) is 0 Å². The Labute approximate surface area is 110 Å². The Morgan fingerprint density at radius 1 is 1.22 bits per heavy atom. The predicted octanol–water partition coefficient (Wildman–Crippen LogP) is 3.61. The second-order valence-electron chi connectivity index (χ2n) is 3.94. The lowest BCUT2D eigenvalue weighted by Gasteiger charge is -2.08. The van der Waals surface area contributed by atoms with Crippen LogP contribution in [0.15, 0.2) is 42.5 Å². The lowest BCUT2D eigenvalue weighted by atomic mass is 10.2. The van der Waals surface area contributed by atoms with Gasteiger partial charge in [0.1, 0.15) is 5.75 Å². The fraction of sp³-hybridized carbons (Fsp3) is 0.0714. The molecule has 1 amide bonds. The molecule has 0 heterocycles. The van der Waals surface area contributed by atoms with Crippen LogP contribution in [0.5, 0.6) is 5.75 Å². The van der Waals surface area contributed by atoms with Crippen molar-refractivity contribution in [1.29, 1.82) is 0 Å². The first-order valence-corrected chi connectivity index (χ1v) is 5.81. The van der Waals surface area contributed by atoms with E-state index in [0.717, 1.165) is 5.56 Å². The molecule has 92 valence electrons. The molecule has 2 aromatic rings. The van der Waals surface area contributed by atoms with Gasteiger partial charge in [-0.05, 0) is 30.7 Å². The minimum atomic E-state index is -0.302. The van der Waals surface area contributed by atoms with Gasteiger partial charge in [-0.25, -0.2) is 0 Å². The Hall–Kier alpha value is -2.00. The summed E-state index contributed by atoms with van der Waals surface area (Å²) in [4.78, 5) is 12.0. The number of hydrogen-bond acceptors (Lipinski definition) is 2. The number of amides is 1. The van der Waals surface area contributed by atoms with Gasteiger partial charge in [0, 0.05) is 11.8 Å². The Balaban J connectivity index is 2.22. The topological polar surface area (TPSA) is 49.3 Å². The molecule has 0 atom stereocenters. The van der Waals surface area contributed by atoms with Crippen molar-refractivity contribution in [3.05, 3.63) is 58.6 Å². The van der Waals surface area contributed by atoms with Gasteiger partial charge in [-0.3, -0.25) is 4.79 Å². The van der Waals surface area contributed by atoms with E-state index >= 15 is 0 Å². The van der Waals surface area contributed by atoms with Crippen molar-refractivity contribution in [3.8, 4) is 5.75 Å². The van der Waals surface area contributed by atoms with Crippen LogP contribution >= 0.6 is 11.6 Å². The zero-order chi connectivity index (χ0) is 13.1. The number of halogens is 1. The highest BCUT2D eigenvalue weighted by molar-refractivity contribution is 6.34. The molecule has 0 aliphatic rings. The van der Waals surface area contributed by atoms with E-state index in [1.54, 1.807) is 43.3 Å². The lowest BCUT2D eigenvalue weighted by molar-refractivity contribution is 0.102. The number of rotatable bonds is 2. The van der Waals surface area contributed by atoms with Crippen molar-refractivity contribution in [1.82, 2.24) is 0 Å².